The first-order valence-electron chi connectivity index (χ1n) is 24.6. The fraction of sp³-hybridized carbons (Fsp3) is 0. The molecular formula is C60H42N2. The van der Waals surface area contributed by atoms with E-state index < -0.39 is 24.2 Å². The Kier molecular flexibility index (Phi) is 7.56. The average molecular weight is 799 g/mol. The summed E-state index contributed by atoms with van der Waals surface area (Å²) in [6, 6.07) is 63.8. The first-order chi connectivity index (χ1) is 34.1. The van der Waals surface area contributed by atoms with E-state index in [0.717, 1.165) is 60.9 Å². The summed E-state index contributed by atoms with van der Waals surface area (Å²) in [6.07, 6.45) is 0. The Morgan fingerprint density at radius 1 is 0.306 bits per heavy atom. The van der Waals surface area contributed by atoms with Gasteiger partial charge in [0, 0.05) is 33.5 Å². The molecule has 0 aliphatic rings. The molecule has 0 saturated carbocycles. The fourth-order valence-electron chi connectivity index (χ4n) is 8.36. The van der Waals surface area contributed by atoms with E-state index in [1.54, 1.807) is 42.5 Å². The molecule has 0 atom stereocenters. The third-order valence-electron chi connectivity index (χ3n) is 11.3. The number of hydrogen-bond acceptors (Lipinski definition) is 1. The van der Waals surface area contributed by atoms with E-state index in [1.165, 1.54) is 4.90 Å². The van der Waals surface area contributed by atoms with E-state index in [2.05, 4.69) is 71.3 Å². The van der Waals surface area contributed by atoms with E-state index in [1.807, 2.05) is 97.1 Å². The molecule has 1 aromatic heterocycles. The highest BCUT2D eigenvalue weighted by Gasteiger charge is 2.18. The molecule has 292 valence electrons. The molecule has 0 fully saturated rings. The third kappa shape index (κ3) is 6.94. The minimum absolute atomic E-state index is 0.102. The summed E-state index contributed by atoms with van der Waals surface area (Å²) in [7, 11) is 0. The summed E-state index contributed by atoms with van der Waals surface area (Å²) < 4.78 is 78.1. The van der Waals surface area contributed by atoms with Gasteiger partial charge in [0.2, 0.25) is 0 Å². The maximum atomic E-state index is 9.62. The van der Waals surface area contributed by atoms with Crippen LogP contribution in [0.1, 0.15) is 11.0 Å². The molecule has 0 amide bonds. The van der Waals surface area contributed by atoms with Gasteiger partial charge in [-0.25, -0.2) is 0 Å². The van der Waals surface area contributed by atoms with Gasteiger partial charge in [-0.05, 0) is 122 Å². The summed E-state index contributed by atoms with van der Waals surface area (Å²) >= 11 is 0. The Bertz CT molecular complexity index is 3740. The van der Waals surface area contributed by atoms with E-state index in [-0.39, 0.29) is 46.7 Å². The Hall–Kier alpha value is -8.20. The van der Waals surface area contributed by atoms with Crippen LogP contribution in [-0.2, 0) is 0 Å². The molecule has 0 unspecified atom stereocenters. The molecule has 0 spiro atoms. The SMILES string of the molecule is [2H]c1c([2H])c(N(c2cccc(-c3cccc(-c4cccc5c4c4ccccc4n5-c4ccccc4)c3)c2)c2c([2H])c([2H])c(-c3ccc(-c4ccccc4)cc3)c([2H])c2[2H])c([2H])c([2H])c1-c1ccccc1. The molecule has 0 aliphatic heterocycles. The number of nitrogens with zero attached hydrogens (tertiary/aromatic N) is 2. The Morgan fingerprint density at radius 2 is 0.758 bits per heavy atom. The van der Waals surface area contributed by atoms with Crippen LogP contribution in [0.2, 0.25) is 0 Å². The predicted molar refractivity (Wildman–Crippen MR) is 263 cm³/mol. The van der Waals surface area contributed by atoms with Gasteiger partial charge in [0.25, 0.3) is 0 Å². The van der Waals surface area contributed by atoms with Crippen molar-refractivity contribution in [2.45, 2.75) is 0 Å². The highest BCUT2D eigenvalue weighted by Crippen LogP contribution is 2.41. The van der Waals surface area contributed by atoms with Gasteiger partial charge in [-0.1, -0.05) is 188 Å². The molecule has 0 radical (unpaired) electrons. The second-order valence-electron chi connectivity index (χ2n) is 15.1. The largest absolute Gasteiger partial charge is 0.310 e. The van der Waals surface area contributed by atoms with E-state index in [9.17, 15) is 11.0 Å². The summed E-state index contributed by atoms with van der Waals surface area (Å²) in [5.41, 5.74) is 9.88. The van der Waals surface area contributed by atoms with Crippen LogP contribution in [0.4, 0.5) is 17.1 Å². The molecule has 2 heteroatoms. The Balaban J connectivity index is 1.08. The van der Waals surface area contributed by atoms with Crippen molar-refractivity contribution in [3.63, 3.8) is 0 Å². The second kappa shape index (κ2) is 16.1. The average Bonchev–Trinajstić information content (AvgIpc) is 3.75. The van der Waals surface area contributed by atoms with E-state index >= 15 is 0 Å². The van der Waals surface area contributed by atoms with Crippen LogP contribution < -0.4 is 4.90 Å². The topological polar surface area (TPSA) is 8.17 Å². The van der Waals surface area contributed by atoms with Crippen LogP contribution in [0.15, 0.2) is 255 Å². The van der Waals surface area contributed by atoms with Gasteiger partial charge in [-0.15, -0.1) is 0 Å². The number of hydrogen-bond donors (Lipinski definition) is 0. The Labute approximate surface area is 374 Å². The van der Waals surface area contributed by atoms with Gasteiger partial charge in [-0.2, -0.15) is 0 Å². The molecule has 10 aromatic carbocycles. The first-order valence-corrected chi connectivity index (χ1v) is 20.6. The molecule has 0 N–H and O–H groups in total. The van der Waals surface area contributed by atoms with E-state index in [0.29, 0.717) is 16.8 Å². The lowest BCUT2D eigenvalue weighted by Crippen LogP contribution is -2.10. The number of anilines is 3. The highest BCUT2D eigenvalue weighted by molar-refractivity contribution is 6.15. The molecule has 0 bridgehead atoms. The summed E-state index contributed by atoms with van der Waals surface area (Å²) in [4.78, 5) is 1.37. The second-order valence-corrected chi connectivity index (χ2v) is 15.1. The van der Waals surface area contributed by atoms with Crippen molar-refractivity contribution < 1.29 is 11.0 Å². The van der Waals surface area contributed by atoms with Crippen LogP contribution in [0.25, 0.3) is 83.1 Å². The zero-order valence-electron chi connectivity index (χ0n) is 41.5. The molecule has 0 saturated heterocycles. The van der Waals surface area contributed by atoms with Crippen molar-refractivity contribution >= 4 is 38.9 Å². The number of benzene rings is 10. The maximum absolute atomic E-state index is 9.62. The summed E-state index contributed by atoms with van der Waals surface area (Å²) in [5.74, 6) is 0. The molecule has 11 rings (SSSR count). The van der Waals surface area contributed by atoms with Crippen LogP contribution >= 0.6 is 0 Å². The lowest BCUT2D eigenvalue weighted by molar-refractivity contribution is 1.18. The normalized spacial score (nSPS) is 13.0. The minimum atomic E-state index is -0.401. The number of fused-ring (bicyclic) bond motifs is 3. The van der Waals surface area contributed by atoms with Gasteiger partial charge in [-0.3, -0.25) is 0 Å². The van der Waals surface area contributed by atoms with Crippen LogP contribution in [0, 0.1) is 0 Å². The molecule has 0 aliphatic carbocycles. The zero-order valence-corrected chi connectivity index (χ0v) is 33.5. The molecule has 11 aromatic rings. The van der Waals surface area contributed by atoms with Crippen molar-refractivity contribution in [3.8, 4) is 61.3 Å². The van der Waals surface area contributed by atoms with Gasteiger partial charge in [0.1, 0.15) is 0 Å². The first kappa shape index (κ1) is 29.1. The molecule has 2 nitrogen and oxygen atoms in total. The predicted octanol–water partition coefficient (Wildman–Crippen LogP) is 16.6. The lowest BCUT2D eigenvalue weighted by Gasteiger charge is -2.26. The van der Waals surface area contributed by atoms with Gasteiger partial charge >= 0.3 is 0 Å². The quantitative estimate of drug-likeness (QED) is 0.141. The van der Waals surface area contributed by atoms with Crippen molar-refractivity contribution in [1.29, 1.82) is 0 Å². The number of rotatable bonds is 9. The summed E-state index contributed by atoms with van der Waals surface area (Å²) in [5, 5.41) is 2.23. The highest BCUT2D eigenvalue weighted by atomic mass is 15.1. The van der Waals surface area contributed by atoms with E-state index in [4.69, 9.17) is 0 Å². The van der Waals surface area contributed by atoms with Crippen molar-refractivity contribution in [2.24, 2.45) is 0 Å². The van der Waals surface area contributed by atoms with Crippen LogP contribution in [-0.4, -0.2) is 4.57 Å². The Morgan fingerprint density at radius 3 is 1.40 bits per heavy atom. The van der Waals surface area contributed by atoms with Crippen molar-refractivity contribution in [2.75, 3.05) is 4.90 Å². The van der Waals surface area contributed by atoms with Crippen LogP contribution in [0.5, 0.6) is 0 Å². The number of aromatic nitrogens is 1. The van der Waals surface area contributed by atoms with Gasteiger partial charge < -0.3 is 9.47 Å². The zero-order chi connectivity index (χ0) is 48.2. The van der Waals surface area contributed by atoms with Gasteiger partial charge in [0.15, 0.2) is 0 Å². The standard InChI is InChI=1S/C60H42N2/c1-4-15-43(16-5-1)45-29-31-46(32-30-45)48-35-39-54(40-36-48)61(53-37-33-47(34-38-53)44-17-6-2-7-18-44)55-24-13-20-50(42-55)49-19-12-21-51(41-49)56-26-14-28-59-60(56)57-25-10-11-27-58(57)62(59)52-22-8-3-9-23-52/h1-42H/i33D,34D,35D,36D,37D,38D,39D,40D. The molecule has 62 heavy (non-hydrogen) atoms. The van der Waals surface area contributed by atoms with Crippen molar-refractivity contribution in [3.05, 3.63) is 255 Å². The third-order valence-corrected chi connectivity index (χ3v) is 11.3. The minimum Gasteiger partial charge on any atom is -0.310 e. The van der Waals surface area contributed by atoms with Gasteiger partial charge in [0.05, 0.1) is 22.0 Å². The molecular weight excluding hydrogens is 749 g/mol. The monoisotopic (exact) mass is 798 g/mol. The maximum Gasteiger partial charge on any atom is 0.0645 e. The smallest absolute Gasteiger partial charge is 0.0645 e. The number of para-hydroxylation sites is 2. The van der Waals surface area contributed by atoms with Crippen LogP contribution in [0.3, 0.4) is 0 Å². The fourth-order valence-corrected chi connectivity index (χ4v) is 8.36. The lowest BCUT2D eigenvalue weighted by atomic mass is 9.95. The summed E-state index contributed by atoms with van der Waals surface area (Å²) in [6.45, 7) is 0. The molecule has 1 heterocycles. The van der Waals surface area contributed by atoms with Crippen molar-refractivity contribution in [1.82, 2.24) is 4.57 Å².